The third-order valence-electron chi connectivity index (χ3n) is 4.12. The Morgan fingerprint density at radius 2 is 1.88 bits per heavy atom. The first-order chi connectivity index (χ1) is 11.4. The molecule has 1 fully saturated rings. The lowest BCUT2D eigenvalue weighted by atomic mass is 10.1. The molecule has 1 saturated heterocycles. The van der Waals surface area contributed by atoms with Crippen molar-refractivity contribution in [1.29, 1.82) is 0 Å². The molecule has 1 atom stereocenters. The monoisotopic (exact) mass is 347 g/mol. The van der Waals surface area contributed by atoms with E-state index in [-0.39, 0.29) is 11.9 Å². The van der Waals surface area contributed by atoms with Crippen molar-refractivity contribution in [1.82, 2.24) is 14.2 Å². The van der Waals surface area contributed by atoms with Crippen LogP contribution in [0.5, 0.6) is 0 Å². The van der Waals surface area contributed by atoms with Gasteiger partial charge in [-0.15, -0.1) is 0 Å². The maximum absolute atomic E-state index is 12.4. The minimum absolute atomic E-state index is 0.0292. The fourth-order valence-electron chi connectivity index (χ4n) is 2.96. The zero-order valence-corrected chi connectivity index (χ0v) is 14.4. The van der Waals surface area contributed by atoms with Crippen molar-refractivity contribution in [3.05, 3.63) is 54.4 Å². The van der Waals surface area contributed by atoms with E-state index in [0.29, 0.717) is 25.9 Å². The standard InChI is InChI=1S/C17H21N3O3S/c1-24(22,23)18-15-8-11-20(13-15)17(21)12-14-4-6-16(7-5-14)19-9-2-3-10-19/h2-7,9-10,15,18H,8,11-13H2,1H3. The van der Waals surface area contributed by atoms with Gasteiger partial charge in [-0.2, -0.15) is 0 Å². The van der Waals surface area contributed by atoms with Gasteiger partial charge in [0.1, 0.15) is 0 Å². The fourth-order valence-corrected chi connectivity index (χ4v) is 3.76. The number of carbonyl (C=O) groups is 1. The van der Waals surface area contributed by atoms with Gasteiger partial charge in [0.2, 0.25) is 15.9 Å². The lowest BCUT2D eigenvalue weighted by Gasteiger charge is -2.17. The van der Waals surface area contributed by atoms with Crippen LogP contribution in [0.4, 0.5) is 0 Å². The summed E-state index contributed by atoms with van der Waals surface area (Å²) in [6.07, 6.45) is 6.07. The van der Waals surface area contributed by atoms with E-state index >= 15 is 0 Å². The van der Waals surface area contributed by atoms with Gasteiger partial charge in [-0.1, -0.05) is 12.1 Å². The minimum atomic E-state index is -3.23. The lowest BCUT2D eigenvalue weighted by molar-refractivity contribution is -0.129. The van der Waals surface area contributed by atoms with E-state index in [4.69, 9.17) is 0 Å². The van der Waals surface area contributed by atoms with Crippen LogP contribution in [0.25, 0.3) is 5.69 Å². The number of hydrogen-bond donors (Lipinski definition) is 1. The number of aromatic nitrogens is 1. The van der Waals surface area contributed by atoms with Crippen LogP contribution >= 0.6 is 0 Å². The summed E-state index contributed by atoms with van der Waals surface area (Å²) in [5, 5.41) is 0. The molecular formula is C17H21N3O3S. The van der Waals surface area contributed by atoms with Crippen molar-refractivity contribution in [2.24, 2.45) is 0 Å². The molecule has 6 nitrogen and oxygen atoms in total. The second-order valence-corrected chi connectivity index (χ2v) is 7.93. The van der Waals surface area contributed by atoms with Crippen LogP contribution in [0.3, 0.4) is 0 Å². The number of likely N-dealkylation sites (tertiary alicyclic amines) is 1. The average Bonchev–Trinajstić information content (AvgIpc) is 3.17. The number of nitrogens with zero attached hydrogens (tertiary/aromatic N) is 2. The maximum atomic E-state index is 12.4. The lowest BCUT2D eigenvalue weighted by Crippen LogP contribution is -2.38. The third kappa shape index (κ3) is 4.24. The first kappa shape index (κ1) is 16.7. The van der Waals surface area contributed by atoms with Crippen molar-refractivity contribution in [3.8, 4) is 5.69 Å². The van der Waals surface area contributed by atoms with Gasteiger partial charge < -0.3 is 9.47 Å². The number of amides is 1. The van der Waals surface area contributed by atoms with Gasteiger partial charge in [0.15, 0.2) is 0 Å². The van der Waals surface area contributed by atoms with E-state index < -0.39 is 10.0 Å². The first-order valence-electron chi connectivity index (χ1n) is 7.88. The summed E-state index contributed by atoms with van der Waals surface area (Å²) >= 11 is 0. The highest BCUT2D eigenvalue weighted by molar-refractivity contribution is 7.88. The molecule has 24 heavy (non-hydrogen) atoms. The average molecular weight is 347 g/mol. The number of nitrogens with one attached hydrogen (secondary N) is 1. The molecule has 0 saturated carbocycles. The van der Waals surface area contributed by atoms with Gasteiger partial charge in [-0.3, -0.25) is 4.79 Å². The molecule has 0 spiro atoms. The van der Waals surface area contributed by atoms with Gasteiger partial charge in [-0.05, 0) is 36.2 Å². The summed E-state index contributed by atoms with van der Waals surface area (Å²) in [5.41, 5.74) is 2.00. The van der Waals surface area contributed by atoms with Gasteiger partial charge in [-0.25, -0.2) is 13.1 Å². The van der Waals surface area contributed by atoms with Crippen molar-refractivity contribution in [3.63, 3.8) is 0 Å². The Morgan fingerprint density at radius 1 is 1.21 bits per heavy atom. The number of carbonyl (C=O) groups excluding carboxylic acids is 1. The van der Waals surface area contributed by atoms with Crippen molar-refractivity contribution < 1.29 is 13.2 Å². The van der Waals surface area contributed by atoms with Crippen LogP contribution < -0.4 is 4.72 Å². The highest BCUT2D eigenvalue weighted by Crippen LogP contribution is 2.14. The topological polar surface area (TPSA) is 71.4 Å². The zero-order valence-electron chi connectivity index (χ0n) is 13.6. The zero-order chi connectivity index (χ0) is 17.2. The number of benzene rings is 1. The highest BCUT2D eigenvalue weighted by atomic mass is 32.2. The Hall–Kier alpha value is -2.12. The van der Waals surface area contributed by atoms with E-state index in [1.165, 1.54) is 0 Å². The maximum Gasteiger partial charge on any atom is 0.227 e. The quantitative estimate of drug-likeness (QED) is 0.883. The first-order valence-corrected chi connectivity index (χ1v) is 9.77. The highest BCUT2D eigenvalue weighted by Gasteiger charge is 2.27. The Bertz CT molecular complexity index is 798. The summed E-state index contributed by atoms with van der Waals surface area (Å²) < 4.78 is 27.1. The molecule has 1 N–H and O–H groups in total. The molecule has 0 aliphatic carbocycles. The van der Waals surface area contributed by atoms with Gasteiger partial charge in [0.05, 0.1) is 12.7 Å². The van der Waals surface area contributed by atoms with Crippen molar-refractivity contribution in [2.45, 2.75) is 18.9 Å². The fraction of sp³-hybridized carbons (Fsp3) is 0.353. The summed E-state index contributed by atoms with van der Waals surface area (Å²) in [5.74, 6) is 0.0292. The van der Waals surface area contributed by atoms with Crippen LogP contribution in [0.15, 0.2) is 48.8 Å². The van der Waals surface area contributed by atoms with Gasteiger partial charge in [0.25, 0.3) is 0 Å². The molecule has 2 heterocycles. The second kappa shape index (κ2) is 6.78. The van der Waals surface area contributed by atoms with Crippen molar-refractivity contribution >= 4 is 15.9 Å². The summed E-state index contributed by atoms with van der Waals surface area (Å²) in [6, 6.07) is 11.6. The predicted molar refractivity (Wildman–Crippen MR) is 92.4 cm³/mol. The van der Waals surface area contributed by atoms with Crippen LogP contribution in [-0.2, 0) is 21.2 Å². The molecule has 1 amide bonds. The molecule has 1 aliphatic rings. The Kier molecular flexibility index (Phi) is 4.73. The predicted octanol–water partition coefficient (Wildman–Crippen LogP) is 1.17. The Morgan fingerprint density at radius 3 is 2.50 bits per heavy atom. The molecule has 0 bridgehead atoms. The molecule has 0 radical (unpaired) electrons. The van der Waals surface area contributed by atoms with Crippen LogP contribution in [0.1, 0.15) is 12.0 Å². The smallest absolute Gasteiger partial charge is 0.227 e. The molecule has 7 heteroatoms. The van der Waals surface area contributed by atoms with E-state index in [9.17, 15) is 13.2 Å². The molecule has 1 unspecified atom stereocenters. The van der Waals surface area contributed by atoms with Gasteiger partial charge in [0, 0.05) is 37.2 Å². The third-order valence-corrected chi connectivity index (χ3v) is 4.88. The molecule has 3 rings (SSSR count). The van der Waals surface area contributed by atoms with E-state index in [1.54, 1.807) is 4.90 Å². The molecule has 2 aromatic rings. The van der Waals surface area contributed by atoms with Crippen LogP contribution in [-0.4, -0.2) is 49.2 Å². The van der Waals surface area contributed by atoms with Crippen LogP contribution in [0.2, 0.25) is 0 Å². The van der Waals surface area contributed by atoms with E-state index in [1.807, 2.05) is 53.4 Å². The molecule has 1 aliphatic heterocycles. The molecule has 128 valence electrons. The molecule has 1 aromatic heterocycles. The number of rotatable bonds is 5. The SMILES string of the molecule is CS(=O)(=O)NC1CCN(C(=O)Cc2ccc(-n3cccc3)cc2)C1. The summed E-state index contributed by atoms with van der Waals surface area (Å²) in [7, 11) is -3.23. The largest absolute Gasteiger partial charge is 0.341 e. The Labute approximate surface area is 142 Å². The van der Waals surface area contributed by atoms with E-state index in [0.717, 1.165) is 17.5 Å². The number of sulfonamides is 1. The van der Waals surface area contributed by atoms with Crippen molar-refractivity contribution in [2.75, 3.05) is 19.3 Å². The Balaban J connectivity index is 1.57. The van der Waals surface area contributed by atoms with Crippen LogP contribution in [0, 0.1) is 0 Å². The normalized spacial score (nSPS) is 18.0. The van der Waals surface area contributed by atoms with E-state index in [2.05, 4.69) is 4.72 Å². The molecular weight excluding hydrogens is 326 g/mol. The summed E-state index contributed by atoms with van der Waals surface area (Å²) in [6.45, 7) is 1.03. The minimum Gasteiger partial charge on any atom is -0.341 e. The summed E-state index contributed by atoms with van der Waals surface area (Å²) in [4.78, 5) is 14.1. The number of hydrogen-bond acceptors (Lipinski definition) is 3. The second-order valence-electron chi connectivity index (χ2n) is 6.15. The molecule has 1 aromatic carbocycles. The van der Waals surface area contributed by atoms with Gasteiger partial charge >= 0.3 is 0 Å².